The van der Waals surface area contributed by atoms with Crippen LogP contribution < -0.4 is 5.73 Å². The molecular formula is C11H15ClFNO. The third-order valence-electron chi connectivity index (χ3n) is 2.43. The van der Waals surface area contributed by atoms with E-state index in [0.717, 1.165) is 6.42 Å². The molecular weight excluding hydrogens is 217 g/mol. The fraction of sp³-hybridized carbons (Fsp3) is 0.455. The van der Waals surface area contributed by atoms with Gasteiger partial charge in [-0.15, -0.1) is 0 Å². The summed E-state index contributed by atoms with van der Waals surface area (Å²) in [6.45, 7) is 1.96. The first-order valence-corrected chi connectivity index (χ1v) is 5.29. The smallest absolute Gasteiger partial charge is 0.123 e. The average molecular weight is 232 g/mol. The van der Waals surface area contributed by atoms with Crippen LogP contribution in [0.5, 0.6) is 0 Å². The first kappa shape index (κ1) is 12.4. The summed E-state index contributed by atoms with van der Waals surface area (Å²) in [5, 5.41) is 10.6. The van der Waals surface area contributed by atoms with E-state index in [1.54, 1.807) is 0 Å². The van der Waals surface area contributed by atoms with Crippen molar-refractivity contribution in [1.82, 2.24) is 0 Å². The Hall–Kier alpha value is -0.640. The van der Waals surface area contributed by atoms with Crippen LogP contribution in [0.15, 0.2) is 18.2 Å². The average Bonchev–Trinajstić information content (AvgIpc) is 2.22. The number of nitrogens with two attached hydrogens (primary N) is 1. The zero-order valence-corrected chi connectivity index (χ0v) is 9.39. The van der Waals surface area contributed by atoms with Gasteiger partial charge in [0.1, 0.15) is 11.4 Å². The Balaban J connectivity index is 3.16. The number of rotatable bonds is 4. The molecule has 1 atom stereocenters. The van der Waals surface area contributed by atoms with Gasteiger partial charge in [-0.2, -0.15) is 0 Å². The Labute approximate surface area is 93.9 Å². The van der Waals surface area contributed by atoms with E-state index in [1.165, 1.54) is 18.2 Å². The fourth-order valence-corrected chi connectivity index (χ4v) is 1.91. The van der Waals surface area contributed by atoms with Gasteiger partial charge in [-0.1, -0.05) is 24.9 Å². The molecule has 1 aromatic rings. The van der Waals surface area contributed by atoms with Crippen LogP contribution in [-0.4, -0.2) is 11.7 Å². The van der Waals surface area contributed by atoms with E-state index >= 15 is 0 Å². The molecule has 1 unspecified atom stereocenters. The molecule has 4 heteroatoms. The zero-order chi connectivity index (χ0) is 11.5. The molecule has 15 heavy (non-hydrogen) atoms. The summed E-state index contributed by atoms with van der Waals surface area (Å²) in [7, 11) is 0. The van der Waals surface area contributed by atoms with Crippen molar-refractivity contribution in [3.8, 4) is 0 Å². The molecule has 0 saturated carbocycles. The normalized spacial score (nSPS) is 15.0. The van der Waals surface area contributed by atoms with Crippen molar-refractivity contribution in [3.05, 3.63) is 34.6 Å². The van der Waals surface area contributed by atoms with Gasteiger partial charge in [0.05, 0.1) is 0 Å². The van der Waals surface area contributed by atoms with Gasteiger partial charge in [-0.25, -0.2) is 4.39 Å². The molecule has 0 aliphatic rings. The highest BCUT2D eigenvalue weighted by Gasteiger charge is 2.29. The maximum absolute atomic E-state index is 13.0. The minimum atomic E-state index is -1.23. The quantitative estimate of drug-likeness (QED) is 0.836. The summed E-state index contributed by atoms with van der Waals surface area (Å²) in [5.41, 5.74) is 4.65. The van der Waals surface area contributed by atoms with Gasteiger partial charge in [0.15, 0.2) is 0 Å². The van der Waals surface area contributed by atoms with Gasteiger partial charge >= 0.3 is 0 Å². The maximum atomic E-state index is 13.0. The van der Waals surface area contributed by atoms with Crippen molar-refractivity contribution in [3.63, 3.8) is 0 Å². The molecule has 0 heterocycles. The summed E-state index contributed by atoms with van der Waals surface area (Å²) in [6, 6.07) is 3.93. The van der Waals surface area contributed by atoms with Crippen molar-refractivity contribution in [2.45, 2.75) is 25.4 Å². The van der Waals surface area contributed by atoms with Crippen molar-refractivity contribution >= 4 is 11.6 Å². The van der Waals surface area contributed by atoms with Gasteiger partial charge < -0.3 is 10.8 Å². The fourth-order valence-electron chi connectivity index (χ4n) is 1.61. The Morgan fingerprint density at radius 2 is 2.20 bits per heavy atom. The van der Waals surface area contributed by atoms with Crippen molar-refractivity contribution in [2.75, 3.05) is 6.54 Å². The van der Waals surface area contributed by atoms with Crippen LogP contribution in [0.1, 0.15) is 25.3 Å². The molecule has 0 aliphatic heterocycles. The molecule has 0 fully saturated rings. The zero-order valence-electron chi connectivity index (χ0n) is 8.63. The predicted octanol–water partition coefficient (Wildman–Crippen LogP) is 2.43. The number of hydrogen-bond donors (Lipinski definition) is 2. The van der Waals surface area contributed by atoms with Gasteiger partial charge in [0.2, 0.25) is 0 Å². The number of aliphatic hydroxyl groups is 1. The molecule has 0 radical (unpaired) electrons. The Kier molecular flexibility index (Phi) is 4.08. The highest BCUT2D eigenvalue weighted by Crippen LogP contribution is 2.31. The number of halogens is 2. The standard InChI is InChI=1S/C11H15ClFNO/c1-2-5-11(15,7-14)9-6-8(13)3-4-10(9)12/h3-4,6,15H,2,5,7,14H2,1H3. The second-order valence-corrected chi connectivity index (χ2v) is 4.02. The molecule has 0 aromatic heterocycles. The van der Waals surface area contributed by atoms with E-state index in [2.05, 4.69) is 0 Å². The summed E-state index contributed by atoms with van der Waals surface area (Å²) < 4.78 is 13.0. The molecule has 2 nitrogen and oxygen atoms in total. The lowest BCUT2D eigenvalue weighted by Crippen LogP contribution is -2.35. The molecule has 84 valence electrons. The predicted molar refractivity (Wildman–Crippen MR) is 59.3 cm³/mol. The second kappa shape index (κ2) is 4.92. The van der Waals surface area contributed by atoms with E-state index in [1.807, 2.05) is 6.92 Å². The van der Waals surface area contributed by atoms with Crippen LogP contribution in [0, 0.1) is 5.82 Å². The number of hydrogen-bond acceptors (Lipinski definition) is 2. The second-order valence-electron chi connectivity index (χ2n) is 3.61. The van der Waals surface area contributed by atoms with Crippen LogP contribution in [-0.2, 0) is 5.60 Å². The summed E-state index contributed by atoms with van der Waals surface area (Å²) >= 11 is 5.91. The van der Waals surface area contributed by atoms with E-state index in [-0.39, 0.29) is 6.54 Å². The van der Waals surface area contributed by atoms with Crippen LogP contribution in [0.25, 0.3) is 0 Å². The topological polar surface area (TPSA) is 46.2 Å². The van der Waals surface area contributed by atoms with Gasteiger partial charge in [0, 0.05) is 17.1 Å². The van der Waals surface area contributed by atoms with E-state index in [4.69, 9.17) is 17.3 Å². The Morgan fingerprint density at radius 3 is 2.73 bits per heavy atom. The molecule has 0 amide bonds. The van der Waals surface area contributed by atoms with E-state index < -0.39 is 11.4 Å². The Morgan fingerprint density at radius 1 is 1.53 bits per heavy atom. The highest BCUT2D eigenvalue weighted by atomic mass is 35.5. The van der Waals surface area contributed by atoms with Gasteiger partial charge in [-0.3, -0.25) is 0 Å². The first-order chi connectivity index (χ1) is 7.03. The van der Waals surface area contributed by atoms with Gasteiger partial charge in [0.25, 0.3) is 0 Å². The molecule has 0 aliphatic carbocycles. The summed E-state index contributed by atoms with van der Waals surface area (Å²) in [6.07, 6.45) is 1.22. The first-order valence-electron chi connectivity index (χ1n) is 4.91. The minimum Gasteiger partial charge on any atom is -0.384 e. The van der Waals surface area contributed by atoms with Crippen LogP contribution >= 0.6 is 11.6 Å². The molecule has 0 saturated heterocycles. The SMILES string of the molecule is CCCC(O)(CN)c1cc(F)ccc1Cl. The minimum absolute atomic E-state index is 0.0318. The third-order valence-corrected chi connectivity index (χ3v) is 2.76. The maximum Gasteiger partial charge on any atom is 0.123 e. The van der Waals surface area contributed by atoms with Gasteiger partial charge in [-0.05, 0) is 24.6 Å². The number of benzene rings is 1. The van der Waals surface area contributed by atoms with Crippen LogP contribution in [0.3, 0.4) is 0 Å². The summed E-state index contributed by atoms with van der Waals surface area (Å²) in [5.74, 6) is -0.419. The van der Waals surface area contributed by atoms with Crippen molar-refractivity contribution in [2.24, 2.45) is 5.73 Å². The monoisotopic (exact) mass is 231 g/mol. The lowest BCUT2D eigenvalue weighted by Gasteiger charge is -2.27. The molecule has 0 spiro atoms. The lowest BCUT2D eigenvalue weighted by molar-refractivity contribution is 0.0357. The largest absolute Gasteiger partial charge is 0.384 e. The third kappa shape index (κ3) is 2.68. The molecule has 3 N–H and O–H groups in total. The van der Waals surface area contributed by atoms with Crippen LogP contribution in [0.2, 0.25) is 5.02 Å². The van der Waals surface area contributed by atoms with E-state index in [0.29, 0.717) is 17.0 Å². The highest BCUT2D eigenvalue weighted by molar-refractivity contribution is 6.31. The van der Waals surface area contributed by atoms with E-state index in [9.17, 15) is 9.50 Å². The lowest BCUT2D eigenvalue weighted by atomic mass is 9.89. The summed E-state index contributed by atoms with van der Waals surface area (Å²) in [4.78, 5) is 0. The van der Waals surface area contributed by atoms with Crippen molar-refractivity contribution in [1.29, 1.82) is 0 Å². The molecule has 0 bridgehead atoms. The molecule has 1 aromatic carbocycles. The Bertz CT molecular complexity index is 345. The van der Waals surface area contributed by atoms with Crippen molar-refractivity contribution < 1.29 is 9.50 Å². The molecule has 1 rings (SSSR count). The van der Waals surface area contributed by atoms with Crippen LogP contribution in [0.4, 0.5) is 4.39 Å².